The lowest BCUT2D eigenvalue weighted by molar-refractivity contribution is 0.254. The molecule has 156 valence electrons. The van der Waals surface area contributed by atoms with E-state index in [0.29, 0.717) is 5.58 Å². The van der Waals surface area contributed by atoms with Gasteiger partial charge in [-0.3, -0.25) is 15.0 Å². The molecule has 0 radical (unpaired) electrons. The minimum absolute atomic E-state index is 0.394. The van der Waals surface area contributed by atoms with E-state index < -0.39 is 5.76 Å². The van der Waals surface area contributed by atoms with Crippen molar-refractivity contribution in [2.75, 3.05) is 49.5 Å². The fourth-order valence-corrected chi connectivity index (χ4v) is 4.16. The van der Waals surface area contributed by atoms with E-state index in [1.54, 1.807) is 0 Å². The van der Waals surface area contributed by atoms with Crippen LogP contribution in [0.4, 0.5) is 11.4 Å². The van der Waals surface area contributed by atoms with Crippen molar-refractivity contribution in [3.8, 4) is 0 Å². The number of piperazine rings is 1. The van der Waals surface area contributed by atoms with E-state index in [9.17, 15) is 4.79 Å². The lowest BCUT2D eigenvalue weighted by Gasteiger charge is -2.36. The maximum Gasteiger partial charge on any atom is 0.417 e. The van der Waals surface area contributed by atoms with Gasteiger partial charge in [-0.2, -0.15) is 5.10 Å². The summed E-state index contributed by atoms with van der Waals surface area (Å²) < 4.78 is 5.35. The first kappa shape index (κ1) is 18.7. The monoisotopic (exact) mass is 406 g/mol. The van der Waals surface area contributed by atoms with E-state index in [-0.39, 0.29) is 0 Å². The molecule has 0 bridgehead atoms. The zero-order valence-corrected chi connectivity index (χ0v) is 16.9. The first-order valence-corrected chi connectivity index (χ1v) is 10.5. The van der Waals surface area contributed by atoms with Crippen molar-refractivity contribution in [3.63, 3.8) is 0 Å². The Bertz CT molecular complexity index is 1190. The number of aromatic amines is 2. The predicted octanol–water partition coefficient (Wildman–Crippen LogP) is 3.01. The van der Waals surface area contributed by atoms with Crippen LogP contribution in [0.2, 0.25) is 0 Å². The molecule has 1 aliphatic rings. The first-order chi connectivity index (χ1) is 14.8. The third kappa shape index (κ3) is 3.91. The van der Waals surface area contributed by atoms with Crippen LogP contribution in [-0.4, -0.2) is 59.3 Å². The van der Waals surface area contributed by atoms with E-state index in [4.69, 9.17) is 4.42 Å². The number of rotatable bonds is 7. The highest BCUT2D eigenvalue weighted by atomic mass is 16.4. The van der Waals surface area contributed by atoms with Gasteiger partial charge in [0.05, 0.1) is 22.9 Å². The van der Waals surface area contributed by atoms with E-state index in [0.717, 1.165) is 73.5 Å². The Labute approximate surface area is 173 Å². The Morgan fingerprint density at radius 1 is 1.07 bits per heavy atom. The summed E-state index contributed by atoms with van der Waals surface area (Å²) in [5.41, 5.74) is 4.62. The molecule has 2 aromatic heterocycles. The number of oxazole rings is 1. The molecular weight excluding hydrogens is 380 g/mol. The molecule has 8 heteroatoms. The van der Waals surface area contributed by atoms with Gasteiger partial charge in [0.2, 0.25) is 0 Å². The number of H-pyrrole nitrogens is 2. The van der Waals surface area contributed by atoms with Crippen LogP contribution in [0.1, 0.15) is 12.8 Å². The van der Waals surface area contributed by atoms with E-state index in [1.165, 1.54) is 6.42 Å². The smallest absolute Gasteiger partial charge is 0.406 e. The topological polar surface area (TPSA) is 93.2 Å². The molecular formula is C22H26N6O2. The predicted molar refractivity (Wildman–Crippen MR) is 119 cm³/mol. The summed E-state index contributed by atoms with van der Waals surface area (Å²) in [5.74, 6) is -0.394. The number of nitrogens with zero attached hydrogens (tertiary/aromatic N) is 3. The van der Waals surface area contributed by atoms with Gasteiger partial charge < -0.3 is 14.6 Å². The van der Waals surface area contributed by atoms with Gasteiger partial charge in [-0.1, -0.05) is 6.07 Å². The van der Waals surface area contributed by atoms with Crippen LogP contribution >= 0.6 is 0 Å². The molecule has 1 saturated heterocycles. The maximum atomic E-state index is 11.5. The highest BCUT2D eigenvalue weighted by molar-refractivity contribution is 5.86. The summed E-state index contributed by atoms with van der Waals surface area (Å²) in [6, 6.07) is 12.2. The van der Waals surface area contributed by atoms with Crippen molar-refractivity contribution >= 4 is 33.4 Å². The van der Waals surface area contributed by atoms with E-state index >= 15 is 0 Å². The molecule has 5 rings (SSSR count). The Hall–Kier alpha value is -3.26. The van der Waals surface area contributed by atoms with Crippen LogP contribution in [0.25, 0.3) is 22.0 Å². The lowest BCUT2D eigenvalue weighted by atomic mass is 10.2. The maximum absolute atomic E-state index is 11.5. The van der Waals surface area contributed by atoms with Gasteiger partial charge in [-0.15, -0.1) is 0 Å². The second kappa shape index (κ2) is 8.23. The second-order valence-electron chi connectivity index (χ2n) is 7.80. The molecule has 3 heterocycles. The zero-order valence-electron chi connectivity index (χ0n) is 16.9. The summed E-state index contributed by atoms with van der Waals surface area (Å²) in [5, 5.41) is 11.7. The van der Waals surface area contributed by atoms with Crippen molar-refractivity contribution in [1.29, 1.82) is 0 Å². The van der Waals surface area contributed by atoms with E-state index in [2.05, 4.69) is 48.5 Å². The average Bonchev–Trinajstić information content (AvgIpc) is 3.38. The second-order valence-corrected chi connectivity index (χ2v) is 7.80. The van der Waals surface area contributed by atoms with Crippen molar-refractivity contribution in [2.45, 2.75) is 12.8 Å². The minimum Gasteiger partial charge on any atom is -0.406 e. The molecule has 4 aromatic rings. The standard InChI is InChI=1S/C22H26N6O2/c29-22-25-18-4-3-5-20(21(18)30-22)28-12-10-27(11-13-28)9-2-1-8-23-17-7-6-16-15-24-26-19(16)14-17/h3-7,14-15,23H,1-2,8-13H2,(H,24,26)(H,25,29). The fourth-order valence-electron chi connectivity index (χ4n) is 4.16. The Balaban J connectivity index is 1.06. The average molecular weight is 406 g/mol. The Morgan fingerprint density at radius 2 is 1.97 bits per heavy atom. The molecule has 30 heavy (non-hydrogen) atoms. The molecule has 0 spiro atoms. The van der Waals surface area contributed by atoms with Crippen molar-refractivity contribution in [3.05, 3.63) is 53.1 Å². The molecule has 1 aliphatic heterocycles. The van der Waals surface area contributed by atoms with Gasteiger partial charge in [-0.05, 0) is 49.7 Å². The fraction of sp³-hybridized carbons (Fsp3) is 0.364. The van der Waals surface area contributed by atoms with Crippen LogP contribution in [0.3, 0.4) is 0 Å². The normalized spacial score (nSPS) is 15.3. The number of anilines is 2. The number of aromatic nitrogens is 3. The van der Waals surface area contributed by atoms with Gasteiger partial charge in [0.25, 0.3) is 0 Å². The molecule has 2 aromatic carbocycles. The van der Waals surface area contributed by atoms with Crippen molar-refractivity contribution in [2.24, 2.45) is 0 Å². The number of hydrogen-bond acceptors (Lipinski definition) is 6. The zero-order chi connectivity index (χ0) is 20.3. The summed E-state index contributed by atoms with van der Waals surface area (Å²) in [6.45, 7) is 6.00. The summed E-state index contributed by atoms with van der Waals surface area (Å²) in [6.07, 6.45) is 4.14. The SMILES string of the molecule is O=c1[nH]c2cccc(N3CCN(CCCCNc4ccc5cn[nH]c5c4)CC3)c2o1. The van der Waals surface area contributed by atoms with Crippen LogP contribution in [0.15, 0.2) is 51.8 Å². The number of nitrogens with one attached hydrogen (secondary N) is 3. The van der Waals surface area contributed by atoms with Gasteiger partial charge in [0.1, 0.15) is 0 Å². The quantitative estimate of drug-likeness (QED) is 0.409. The number of para-hydroxylation sites is 1. The largest absolute Gasteiger partial charge is 0.417 e. The lowest BCUT2D eigenvalue weighted by Crippen LogP contribution is -2.46. The summed E-state index contributed by atoms with van der Waals surface area (Å²) in [4.78, 5) is 19.1. The molecule has 0 atom stereocenters. The number of hydrogen-bond donors (Lipinski definition) is 3. The summed E-state index contributed by atoms with van der Waals surface area (Å²) >= 11 is 0. The number of fused-ring (bicyclic) bond motifs is 2. The van der Waals surface area contributed by atoms with Crippen LogP contribution in [0, 0.1) is 0 Å². The van der Waals surface area contributed by atoms with Crippen LogP contribution in [-0.2, 0) is 0 Å². The van der Waals surface area contributed by atoms with Gasteiger partial charge >= 0.3 is 5.76 Å². The van der Waals surface area contributed by atoms with Gasteiger partial charge in [0, 0.05) is 43.8 Å². The minimum atomic E-state index is -0.394. The third-order valence-electron chi connectivity index (χ3n) is 5.81. The van der Waals surface area contributed by atoms with Crippen LogP contribution < -0.4 is 16.0 Å². The highest BCUT2D eigenvalue weighted by Crippen LogP contribution is 2.26. The van der Waals surface area contributed by atoms with Crippen molar-refractivity contribution < 1.29 is 4.42 Å². The molecule has 1 fully saturated rings. The molecule has 0 aliphatic carbocycles. The Morgan fingerprint density at radius 3 is 2.87 bits per heavy atom. The number of unbranched alkanes of at least 4 members (excludes halogenated alkanes) is 1. The molecule has 0 saturated carbocycles. The Kier molecular flexibility index (Phi) is 5.15. The summed E-state index contributed by atoms with van der Waals surface area (Å²) in [7, 11) is 0. The van der Waals surface area contributed by atoms with Crippen molar-refractivity contribution in [1.82, 2.24) is 20.1 Å². The first-order valence-electron chi connectivity index (χ1n) is 10.5. The highest BCUT2D eigenvalue weighted by Gasteiger charge is 2.20. The van der Waals surface area contributed by atoms with Gasteiger partial charge in [0.15, 0.2) is 5.58 Å². The number of benzene rings is 2. The molecule has 0 unspecified atom stereocenters. The van der Waals surface area contributed by atoms with Crippen LogP contribution in [0.5, 0.6) is 0 Å². The van der Waals surface area contributed by atoms with E-state index in [1.807, 2.05) is 24.4 Å². The molecule has 3 N–H and O–H groups in total. The molecule has 0 amide bonds. The third-order valence-corrected chi connectivity index (χ3v) is 5.81. The molecule has 8 nitrogen and oxygen atoms in total. The van der Waals surface area contributed by atoms with Gasteiger partial charge in [-0.25, -0.2) is 4.79 Å².